The molecular formula is C20H17F2N3O2S. The van der Waals surface area contributed by atoms with Crippen LogP contribution in [0.25, 0.3) is 11.4 Å². The molecule has 0 N–H and O–H groups in total. The minimum Gasteiger partial charge on any atom is -0.337 e. The average Bonchev–Trinajstić information content (AvgIpc) is 3.32. The summed E-state index contributed by atoms with van der Waals surface area (Å²) in [6.45, 7) is -0.0484. The van der Waals surface area contributed by atoms with Crippen molar-refractivity contribution in [3.63, 3.8) is 0 Å². The van der Waals surface area contributed by atoms with Crippen molar-refractivity contribution in [3.8, 4) is 11.4 Å². The van der Waals surface area contributed by atoms with Gasteiger partial charge in [0.25, 0.3) is 0 Å². The molecule has 1 aliphatic rings. The number of rotatable bonds is 5. The van der Waals surface area contributed by atoms with Crippen LogP contribution >= 0.6 is 11.8 Å². The summed E-state index contributed by atoms with van der Waals surface area (Å²) in [4.78, 5) is 19.3. The molecule has 3 aromatic rings. The number of carbonyl (C=O) groups excluding carboxylic acids is 1. The van der Waals surface area contributed by atoms with E-state index in [-0.39, 0.29) is 18.0 Å². The third kappa shape index (κ3) is 3.64. The lowest BCUT2D eigenvalue weighted by molar-refractivity contribution is -0.130. The molecule has 0 aliphatic carbocycles. The van der Waals surface area contributed by atoms with Crippen LogP contribution in [0.5, 0.6) is 0 Å². The maximum absolute atomic E-state index is 14.0. The van der Waals surface area contributed by atoms with Crippen LogP contribution in [0.2, 0.25) is 0 Å². The van der Waals surface area contributed by atoms with Gasteiger partial charge in [0.15, 0.2) is 0 Å². The highest BCUT2D eigenvalue weighted by Gasteiger charge is 2.36. The second-order valence-corrected chi connectivity index (χ2v) is 7.38. The summed E-state index contributed by atoms with van der Waals surface area (Å²) < 4.78 is 32.9. The SMILES string of the molecule is CSc1ccc(-c2noc(C3CCC(=O)N3Cc3cc(F)ccc3F)n2)cc1. The molecule has 0 spiro atoms. The minimum atomic E-state index is -0.556. The largest absolute Gasteiger partial charge is 0.337 e. The molecule has 144 valence electrons. The second kappa shape index (κ2) is 7.71. The highest BCUT2D eigenvalue weighted by Crippen LogP contribution is 2.34. The maximum Gasteiger partial charge on any atom is 0.249 e. The molecule has 1 aromatic heterocycles. The van der Waals surface area contributed by atoms with E-state index < -0.39 is 17.7 Å². The van der Waals surface area contributed by atoms with Crippen molar-refractivity contribution >= 4 is 17.7 Å². The van der Waals surface area contributed by atoms with Crippen LogP contribution < -0.4 is 0 Å². The first-order valence-corrected chi connectivity index (χ1v) is 9.99. The minimum absolute atomic E-state index is 0.0484. The van der Waals surface area contributed by atoms with Crippen LogP contribution in [-0.2, 0) is 11.3 Å². The van der Waals surface area contributed by atoms with Crippen LogP contribution in [0.3, 0.4) is 0 Å². The molecule has 1 aliphatic heterocycles. The fraction of sp³-hybridized carbons (Fsp3) is 0.250. The van der Waals surface area contributed by atoms with Crippen LogP contribution in [0.4, 0.5) is 8.78 Å². The van der Waals surface area contributed by atoms with Crippen molar-refractivity contribution in [1.82, 2.24) is 15.0 Å². The Kier molecular flexibility index (Phi) is 5.13. The Labute approximate surface area is 164 Å². The number of thioether (sulfide) groups is 1. The topological polar surface area (TPSA) is 59.2 Å². The van der Waals surface area contributed by atoms with Crippen molar-refractivity contribution < 1.29 is 18.1 Å². The Morgan fingerprint density at radius 1 is 1.21 bits per heavy atom. The van der Waals surface area contributed by atoms with Gasteiger partial charge in [0, 0.05) is 29.0 Å². The van der Waals surface area contributed by atoms with Gasteiger partial charge in [0.2, 0.25) is 17.6 Å². The molecule has 1 amide bonds. The lowest BCUT2D eigenvalue weighted by Gasteiger charge is -2.22. The standard InChI is InChI=1S/C20H17F2N3O2S/c1-28-15-5-2-12(3-6-15)19-23-20(27-24-19)17-8-9-18(26)25(17)11-13-10-14(21)4-7-16(13)22/h2-7,10,17H,8-9,11H2,1H3. The summed E-state index contributed by atoms with van der Waals surface area (Å²) in [7, 11) is 0. The van der Waals surface area contributed by atoms with Crippen LogP contribution in [-0.4, -0.2) is 27.2 Å². The summed E-state index contributed by atoms with van der Waals surface area (Å²) in [6, 6.07) is 10.5. The van der Waals surface area contributed by atoms with Crippen LogP contribution in [0.1, 0.15) is 30.3 Å². The molecule has 0 saturated carbocycles. The zero-order valence-electron chi connectivity index (χ0n) is 15.1. The van der Waals surface area contributed by atoms with E-state index in [2.05, 4.69) is 10.1 Å². The number of hydrogen-bond donors (Lipinski definition) is 0. The third-order valence-corrected chi connectivity index (χ3v) is 5.50. The number of hydrogen-bond acceptors (Lipinski definition) is 5. The van der Waals surface area contributed by atoms with Gasteiger partial charge < -0.3 is 9.42 Å². The molecule has 1 unspecified atom stereocenters. The zero-order valence-corrected chi connectivity index (χ0v) is 15.9. The van der Waals surface area contributed by atoms with E-state index in [4.69, 9.17) is 4.52 Å². The van der Waals surface area contributed by atoms with Gasteiger partial charge in [-0.25, -0.2) is 8.78 Å². The predicted molar refractivity (Wildman–Crippen MR) is 100 cm³/mol. The molecule has 4 rings (SSSR count). The Bertz CT molecular complexity index is 1010. The van der Waals surface area contributed by atoms with E-state index in [1.165, 1.54) is 4.90 Å². The lowest BCUT2D eigenvalue weighted by Crippen LogP contribution is -2.27. The number of nitrogens with zero attached hydrogens (tertiary/aromatic N) is 3. The van der Waals surface area contributed by atoms with Gasteiger partial charge in [0.05, 0.1) is 0 Å². The van der Waals surface area contributed by atoms with Gasteiger partial charge in [-0.1, -0.05) is 5.16 Å². The lowest BCUT2D eigenvalue weighted by atomic mass is 10.1. The molecule has 8 heteroatoms. The summed E-state index contributed by atoms with van der Waals surface area (Å²) in [5.41, 5.74) is 0.924. The molecule has 1 atom stereocenters. The first-order valence-electron chi connectivity index (χ1n) is 8.76. The predicted octanol–water partition coefficient (Wildman–Crippen LogP) is 4.60. The molecule has 5 nitrogen and oxygen atoms in total. The van der Waals surface area contributed by atoms with Crippen molar-refractivity contribution in [2.24, 2.45) is 0 Å². The fourth-order valence-electron chi connectivity index (χ4n) is 3.26. The maximum atomic E-state index is 14.0. The van der Waals surface area contributed by atoms with E-state index in [9.17, 15) is 13.6 Å². The summed E-state index contributed by atoms with van der Waals surface area (Å²) in [6.07, 6.45) is 2.78. The van der Waals surface area contributed by atoms with Gasteiger partial charge >= 0.3 is 0 Å². The van der Waals surface area contributed by atoms with Crippen molar-refractivity contribution in [1.29, 1.82) is 0 Å². The number of carbonyl (C=O) groups is 1. The Balaban J connectivity index is 1.58. The number of benzene rings is 2. The van der Waals surface area contributed by atoms with E-state index in [1.807, 2.05) is 30.5 Å². The van der Waals surface area contributed by atoms with E-state index in [1.54, 1.807) is 11.8 Å². The molecule has 0 bridgehead atoms. The quantitative estimate of drug-likeness (QED) is 0.585. The van der Waals surface area contributed by atoms with Gasteiger partial charge in [-0.2, -0.15) is 4.98 Å². The molecular weight excluding hydrogens is 384 g/mol. The normalized spacial score (nSPS) is 16.8. The molecule has 0 radical (unpaired) electrons. The molecule has 28 heavy (non-hydrogen) atoms. The van der Waals surface area contributed by atoms with Crippen molar-refractivity contribution in [2.75, 3.05) is 6.26 Å². The summed E-state index contributed by atoms with van der Waals surface area (Å²) in [5.74, 6) is -0.531. The number of likely N-dealkylation sites (tertiary alicyclic amines) is 1. The van der Waals surface area contributed by atoms with E-state index in [0.29, 0.717) is 24.6 Å². The van der Waals surface area contributed by atoms with Gasteiger partial charge in [-0.05, 0) is 55.1 Å². The molecule has 2 aromatic carbocycles. The number of amides is 1. The third-order valence-electron chi connectivity index (χ3n) is 4.75. The molecule has 2 heterocycles. The van der Waals surface area contributed by atoms with Crippen LogP contribution in [0.15, 0.2) is 51.9 Å². The Hall–Kier alpha value is -2.74. The highest BCUT2D eigenvalue weighted by molar-refractivity contribution is 7.98. The van der Waals surface area contributed by atoms with Gasteiger partial charge in [0.1, 0.15) is 17.7 Å². The van der Waals surface area contributed by atoms with Crippen molar-refractivity contribution in [3.05, 3.63) is 65.6 Å². The first-order chi connectivity index (χ1) is 13.5. The zero-order chi connectivity index (χ0) is 19.7. The summed E-state index contributed by atoms with van der Waals surface area (Å²) >= 11 is 1.64. The highest BCUT2D eigenvalue weighted by atomic mass is 32.2. The number of halogens is 2. The Morgan fingerprint density at radius 2 is 2.00 bits per heavy atom. The molecule has 1 fully saturated rings. The average molecular weight is 401 g/mol. The summed E-state index contributed by atoms with van der Waals surface area (Å²) in [5, 5.41) is 4.02. The fourth-order valence-corrected chi connectivity index (χ4v) is 3.67. The second-order valence-electron chi connectivity index (χ2n) is 6.50. The van der Waals surface area contributed by atoms with Gasteiger partial charge in [-0.3, -0.25) is 4.79 Å². The van der Waals surface area contributed by atoms with E-state index >= 15 is 0 Å². The van der Waals surface area contributed by atoms with Gasteiger partial charge in [-0.15, -0.1) is 11.8 Å². The first kappa shape index (κ1) is 18.6. The van der Waals surface area contributed by atoms with Crippen molar-refractivity contribution in [2.45, 2.75) is 30.3 Å². The van der Waals surface area contributed by atoms with Crippen LogP contribution in [0, 0.1) is 11.6 Å². The molecule has 1 saturated heterocycles. The van der Waals surface area contributed by atoms with E-state index in [0.717, 1.165) is 28.7 Å². The Morgan fingerprint density at radius 3 is 2.75 bits per heavy atom. The number of aromatic nitrogens is 2. The smallest absolute Gasteiger partial charge is 0.249 e. The monoisotopic (exact) mass is 401 g/mol.